The number of hydrogen-bond acceptors (Lipinski definition) is 10. The average molecular weight is 1200 g/mol. The number of anilines is 3. The van der Waals surface area contributed by atoms with Crippen LogP contribution in [0.4, 0.5) is 22.9 Å². The Hall–Kier alpha value is -6.24. The number of unbranched alkanes of at least 4 members (excludes halogenated alkanes) is 4. The minimum absolute atomic E-state index is 0.0711. The quantitative estimate of drug-likeness (QED) is 0.0250. The summed E-state index contributed by atoms with van der Waals surface area (Å²) in [4.78, 5) is 35.6. The summed E-state index contributed by atoms with van der Waals surface area (Å²) in [5.41, 5.74) is 11.2. The molecule has 0 unspecified atom stereocenters. The van der Waals surface area contributed by atoms with Crippen LogP contribution in [0, 0.1) is 12.3 Å². The summed E-state index contributed by atoms with van der Waals surface area (Å²) in [5.74, 6) is 3.16. The van der Waals surface area contributed by atoms with E-state index >= 15 is 0 Å². The number of nitrogens with one attached hydrogen (secondary N) is 1. The van der Waals surface area contributed by atoms with Crippen LogP contribution < -0.4 is 19.7 Å². The zero-order valence-electron chi connectivity index (χ0n) is 45.2. The maximum Gasteiger partial charge on any atom is 0.305 e. The number of fused-ring (bicyclic) bond motifs is 3. The van der Waals surface area contributed by atoms with Gasteiger partial charge in [0.25, 0.3) is 0 Å². The number of carboxylic acid groups (broad SMARTS) is 1. The van der Waals surface area contributed by atoms with E-state index in [2.05, 4.69) is 151 Å². The van der Waals surface area contributed by atoms with Gasteiger partial charge >= 0.3 is 11.9 Å². The summed E-state index contributed by atoms with van der Waals surface area (Å²) < 4.78 is 27.6. The molecule has 15 heteroatoms. The number of aromatic nitrogens is 2. The number of halogens is 3. The predicted molar refractivity (Wildman–Crippen MR) is 319 cm³/mol. The number of carbonyl (C=O) groups is 2. The number of esters is 1. The van der Waals surface area contributed by atoms with Crippen molar-refractivity contribution in [3.63, 3.8) is 0 Å². The topological polar surface area (TPSA) is 135 Å². The zero-order chi connectivity index (χ0) is 55.4. The third-order valence-corrected chi connectivity index (χ3v) is 16.2. The molecule has 4 aromatic carbocycles. The van der Waals surface area contributed by atoms with Gasteiger partial charge in [-0.05, 0) is 136 Å². The van der Waals surface area contributed by atoms with Gasteiger partial charge in [-0.2, -0.15) is 4.58 Å². The standard InChI is InChI=1S/C63H68Br2ClN5O7/c1-7-42-16-14-19-47(36-42)69-61-48-39-54(55(76-33-32-75-6)40-51(48)67-41-68-61)77-34-35-78-59(74)21-11-9-13-31-71-53-27-25-46(65)38-50(53)63(4,5)57(71)29-23-44-18-15-17-43(60(44)66)22-28-56-62(2,3)49-37-45(64)24-26-52(49)70(56)30-12-8-10-20-58(72)73/h1,14,16,19,22-29,36-41H,8-13,15,17-18,20-21,30-35H2,2-6H3,(H-,67,68,69,72,73)/p+1. The summed E-state index contributed by atoms with van der Waals surface area (Å²) in [6.45, 7) is 11.6. The third-order valence-electron chi connectivity index (χ3n) is 14.7. The van der Waals surface area contributed by atoms with E-state index in [1.54, 1.807) is 13.2 Å². The lowest BCUT2D eigenvalue weighted by Crippen LogP contribution is -2.28. The molecule has 0 saturated carbocycles. The summed E-state index contributed by atoms with van der Waals surface area (Å²) >= 11 is 14.8. The van der Waals surface area contributed by atoms with Gasteiger partial charge in [0, 0.05) is 104 Å². The lowest BCUT2D eigenvalue weighted by atomic mass is 9.81. The first-order chi connectivity index (χ1) is 37.6. The van der Waals surface area contributed by atoms with Gasteiger partial charge in [0.05, 0.1) is 17.5 Å². The Morgan fingerprint density at radius 2 is 1.58 bits per heavy atom. The van der Waals surface area contributed by atoms with Crippen molar-refractivity contribution in [2.24, 2.45) is 0 Å². The number of aliphatic carboxylic acids is 1. The first-order valence-corrected chi connectivity index (χ1v) is 28.8. The van der Waals surface area contributed by atoms with E-state index in [0.29, 0.717) is 60.7 Å². The second-order valence-electron chi connectivity index (χ2n) is 20.8. The molecule has 0 fully saturated rings. The molecule has 0 atom stereocenters. The molecule has 3 aliphatic rings. The van der Waals surface area contributed by atoms with E-state index in [9.17, 15) is 14.7 Å². The monoisotopic (exact) mass is 1200 g/mol. The van der Waals surface area contributed by atoms with Crippen molar-refractivity contribution < 1.29 is 38.2 Å². The van der Waals surface area contributed by atoms with Crippen molar-refractivity contribution >= 4 is 94.9 Å². The van der Waals surface area contributed by atoms with Gasteiger partial charge in [-0.3, -0.25) is 9.59 Å². The summed E-state index contributed by atoms with van der Waals surface area (Å²) in [7, 11) is 1.61. The van der Waals surface area contributed by atoms with E-state index in [4.69, 9.17) is 37.0 Å². The molecule has 0 bridgehead atoms. The highest BCUT2D eigenvalue weighted by molar-refractivity contribution is 9.10. The lowest BCUT2D eigenvalue weighted by molar-refractivity contribution is -0.438. The molecule has 78 heavy (non-hydrogen) atoms. The predicted octanol–water partition coefficient (Wildman–Crippen LogP) is 14.9. The summed E-state index contributed by atoms with van der Waals surface area (Å²) in [6, 6.07) is 24.2. The average Bonchev–Trinajstić information content (AvgIpc) is 3.89. The summed E-state index contributed by atoms with van der Waals surface area (Å²) in [6.07, 6.45) is 24.2. The minimum Gasteiger partial charge on any atom is -0.487 e. The zero-order valence-corrected chi connectivity index (χ0v) is 49.2. The van der Waals surface area contributed by atoms with E-state index in [1.165, 1.54) is 40.2 Å². The maximum atomic E-state index is 13.0. The molecule has 0 spiro atoms. The van der Waals surface area contributed by atoms with Crippen LogP contribution in [0.3, 0.4) is 0 Å². The Bertz CT molecular complexity index is 3250. The molecule has 0 radical (unpaired) electrons. The molecule has 2 N–H and O–H groups in total. The molecule has 2 aliphatic heterocycles. The van der Waals surface area contributed by atoms with Crippen LogP contribution in [0.5, 0.6) is 11.5 Å². The second-order valence-corrected chi connectivity index (χ2v) is 23.1. The first kappa shape index (κ1) is 57.9. The second kappa shape index (κ2) is 26.6. The molecule has 5 aromatic rings. The number of benzene rings is 4. The molecule has 1 aliphatic carbocycles. The number of hydrogen-bond donors (Lipinski definition) is 2. The van der Waals surface area contributed by atoms with Gasteiger partial charge in [-0.25, -0.2) is 9.97 Å². The van der Waals surface area contributed by atoms with Crippen molar-refractivity contribution in [3.8, 4) is 23.8 Å². The van der Waals surface area contributed by atoms with E-state index in [1.807, 2.05) is 30.3 Å². The fourth-order valence-corrected chi connectivity index (χ4v) is 11.6. The molecular formula is C63H69Br2ClN5O7+. The Morgan fingerprint density at radius 1 is 0.833 bits per heavy atom. The Labute approximate surface area is 480 Å². The minimum atomic E-state index is -0.748. The number of rotatable bonds is 25. The van der Waals surface area contributed by atoms with Crippen LogP contribution in [0.2, 0.25) is 0 Å². The van der Waals surface area contributed by atoms with Gasteiger partial charge in [0.2, 0.25) is 5.69 Å². The van der Waals surface area contributed by atoms with E-state index in [0.717, 1.165) is 94.4 Å². The number of carboxylic acids is 1. The van der Waals surface area contributed by atoms with Crippen molar-refractivity contribution in [1.82, 2.24) is 9.97 Å². The molecule has 408 valence electrons. The fourth-order valence-electron chi connectivity index (χ4n) is 10.6. The van der Waals surface area contributed by atoms with E-state index in [-0.39, 0.29) is 36.4 Å². The van der Waals surface area contributed by atoms with Gasteiger partial charge in [-0.15, -0.1) is 6.42 Å². The molecule has 1 aromatic heterocycles. The van der Waals surface area contributed by atoms with Gasteiger partial charge < -0.3 is 34.3 Å². The fraction of sp³-hybridized carbons (Fsp3) is 0.381. The Kier molecular flexibility index (Phi) is 19.8. The van der Waals surface area contributed by atoms with Gasteiger partial charge in [0.15, 0.2) is 17.2 Å². The number of nitrogens with zero attached hydrogens (tertiary/aromatic N) is 4. The molecule has 0 amide bonds. The molecule has 3 heterocycles. The molecule has 12 nitrogen and oxygen atoms in total. The summed E-state index contributed by atoms with van der Waals surface area (Å²) in [5, 5.41) is 14.1. The van der Waals surface area contributed by atoms with Crippen LogP contribution >= 0.6 is 43.5 Å². The Balaban J connectivity index is 0.895. The highest BCUT2D eigenvalue weighted by Crippen LogP contribution is 2.49. The lowest BCUT2D eigenvalue weighted by Gasteiger charge is -2.27. The van der Waals surface area contributed by atoms with Crippen LogP contribution in [-0.4, -0.2) is 83.9 Å². The maximum absolute atomic E-state index is 13.0. The highest BCUT2D eigenvalue weighted by Gasteiger charge is 2.44. The van der Waals surface area contributed by atoms with Crippen molar-refractivity contribution in [3.05, 3.63) is 151 Å². The first-order valence-electron chi connectivity index (χ1n) is 26.8. The van der Waals surface area contributed by atoms with Gasteiger partial charge in [0.1, 0.15) is 38.5 Å². The Morgan fingerprint density at radius 3 is 2.36 bits per heavy atom. The molecule has 8 rings (SSSR count). The highest BCUT2D eigenvalue weighted by atomic mass is 79.9. The van der Waals surface area contributed by atoms with Crippen molar-refractivity contribution in [1.29, 1.82) is 0 Å². The number of allylic oxidation sites excluding steroid dienone is 8. The molecular weight excluding hydrogens is 1130 g/mol. The van der Waals surface area contributed by atoms with Crippen LogP contribution in [0.15, 0.2) is 134 Å². The third kappa shape index (κ3) is 14.0. The largest absolute Gasteiger partial charge is 0.487 e. The number of ether oxygens (including phenoxy) is 4. The molecule has 0 saturated heterocycles. The van der Waals surface area contributed by atoms with Crippen LogP contribution in [-0.2, 0) is 29.9 Å². The van der Waals surface area contributed by atoms with Crippen LogP contribution in [0.25, 0.3) is 10.9 Å². The SMILES string of the molecule is C#Cc1cccc(Nc2ncnc3cc(OCCOC)c(OCCOC(=O)CCCCCN4/C(=C/C=C5\CCCC(/C=C/C6=[N+](CCCCCC(=O)O)c7ccc(Br)cc7C6(C)C)=C5Cl)C(C)(C)c5cc(Br)ccc54)cc23)c1. The van der Waals surface area contributed by atoms with E-state index < -0.39 is 5.97 Å². The smallest absolute Gasteiger partial charge is 0.305 e. The van der Waals surface area contributed by atoms with Crippen molar-refractivity contribution in [2.45, 2.75) is 109 Å². The number of carbonyl (C=O) groups excluding carboxylic acids is 1. The number of methoxy groups -OCH3 is 1. The van der Waals surface area contributed by atoms with Crippen LogP contribution in [0.1, 0.15) is 115 Å². The number of terminal acetylenes is 1. The van der Waals surface area contributed by atoms with Gasteiger partial charge in [-0.1, -0.05) is 87.9 Å². The van der Waals surface area contributed by atoms with Crippen molar-refractivity contribution in [2.75, 3.05) is 56.8 Å². The normalized spacial score (nSPS) is 16.5.